The van der Waals surface area contributed by atoms with Gasteiger partial charge in [-0.3, -0.25) is 4.79 Å². The van der Waals surface area contributed by atoms with Crippen LogP contribution >= 0.6 is 0 Å². The zero-order chi connectivity index (χ0) is 25.8. The molecular weight excluding hydrogens is 460 g/mol. The molecule has 3 heterocycles. The molecule has 2 aromatic carbocycles. The maximum absolute atomic E-state index is 13.2. The van der Waals surface area contributed by atoms with E-state index in [0.29, 0.717) is 24.2 Å². The van der Waals surface area contributed by atoms with Gasteiger partial charge in [-0.05, 0) is 60.9 Å². The predicted molar refractivity (Wildman–Crippen MR) is 149 cm³/mol. The average molecular weight is 501 g/mol. The fourth-order valence-electron chi connectivity index (χ4n) is 5.64. The molecule has 2 aliphatic heterocycles. The van der Waals surface area contributed by atoms with Crippen molar-refractivity contribution in [3.63, 3.8) is 0 Å². The van der Waals surface area contributed by atoms with E-state index in [2.05, 4.69) is 95.6 Å². The van der Waals surface area contributed by atoms with Gasteiger partial charge < -0.3 is 19.6 Å². The highest BCUT2D eigenvalue weighted by Gasteiger charge is 2.31. The van der Waals surface area contributed by atoms with Gasteiger partial charge in [-0.1, -0.05) is 68.4 Å². The number of carbonyl (C=O) groups is 1. The van der Waals surface area contributed by atoms with Crippen LogP contribution in [0.2, 0.25) is 0 Å². The standard InChI is InChI=1S/C31H40N4O2/c1-31(2,3)26-11-9-23(10-12-26)29-21-27(33-37-29)19-25-22-32-14-13-24(25)20-30(36)35-17-15-34(16-18-35)28-7-5-4-6-8-28/h4-12,21,24-25,32H,13-20,22H2,1-3H3/t24-,25-/m0/s1. The molecule has 1 amide bonds. The van der Waals surface area contributed by atoms with E-state index in [0.717, 1.165) is 69.1 Å². The van der Waals surface area contributed by atoms with Crippen molar-refractivity contribution in [3.05, 3.63) is 71.9 Å². The van der Waals surface area contributed by atoms with Crippen molar-refractivity contribution in [2.75, 3.05) is 44.2 Å². The quantitative estimate of drug-likeness (QED) is 0.507. The Balaban J connectivity index is 1.17. The third kappa shape index (κ3) is 6.24. The van der Waals surface area contributed by atoms with Crippen LogP contribution in [0.1, 0.15) is 44.9 Å². The molecule has 0 saturated carbocycles. The zero-order valence-corrected chi connectivity index (χ0v) is 22.5. The second-order valence-corrected chi connectivity index (χ2v) is 11.6. The molecule has 5 rings (SSSR count). The molecule has 2 fully saturated rings. The van der Waals surface area contributed by atoms with E-state index in [9.17, 15) is 4.79 Å². The largest absolute Gasteiger partial charge is 0.368 e. The highest BCUT2D eigenvalue weighted by molar-refractivity contribution is 5.77. The first kappa shape index (κ1) is 25.5. The number of rotatable bonds is 6. The van der Waals surface area contributed by atoms with Crippen molar-refractivity contribution >= 4 is 11.6 Å². The van der Waals surface area contributed by atoms with Gasteiger partial charge in [0.2, 0.25) is 5.91 Å². The van der Waals surface area contributed by atoms with E-state index in [1.165, 1.54) is 11.3 Å². The first-order valence-corrected chi connectivity index (χ1v) is 13.7. The van der Waals surface area contributed by atoms with Crippen LogP contribution in [-0.2, 0) is 16.6 Å². The molecule has 0 spiro atoms. The number of anilines is 1. The Labute approximate surface area is 221 Å². The van der Waals surface area contributed by atoms with Crippen LogP contribution in [0.4, 0.5) is 5.69 Å². The van der Waals surface area contributed by atoms with Crippen molar-refractivity contribution in [1.29, 1.82) is 0 Å². The van der Waals surface area contributed by atoms with Crippen LogP contribution in [-0.4, -0.2) is 55.2 Å². The Kier molecular flexibility index (Phi) is 7.65. The second kappa shape index (κ2) is 11.1. The summed E-state index contributed by atoms with van der Waals surface area (Å²) in [5.74, 6) is 1.85. The molecule has 0 bridgehead atoms. The molecule has 196 valence electrons. The first-order valence-electron chi connectivity index (χ1n) is 13.7. The summed E-state index contributed by atoms with van der Waals surface area (Å²) >= 11 is 0. The molecule has 0 unspecified atom stereocenters. The van der Waals surface area contributed by atoms with Gasteiger partial charge in [0.1, 0.15) is 0 Å². The van der Waals surface area contributed by atoms with Crippen LogP contribution in [0.15, 0.2) is 65.2 Å². The van der Waals surface area contributed by atoms with Gasteiger partial charge >= 0.3 is 0 Å². The van der Waals surface area contributed by atoms with Crippen molar-refractivity contribution in [1.82, 2.24) is 15.4 Å². The number of nitrogens with one attached hydrogen (secondary N) is 1. The summed E-state index contributed by atoms with van der Waals surface area (Å²) in [6.07, 6.45) is 2.48. The highest BCUT2D eigenvalue weighted by Crippen LogP contribution is 2.30. The lowest BCUT2D eigenvalue weighted by Gasteiger charge is -2.38. The maximum Gasteiger partial charge on any atom is 0.222 e. The number of nitrogens with zero attached hydrogens (tertiary/aromatic N) is 3. The maximum atomic E-state index is 13.2. The summed E-state index contributed by atoms with van der Waals surface area (Å²) in [5, 5.41) is 7.93. The minimum Gasteiger partial charge on any atom is -0.368 e. The van der Waals surface area contributed by atoms with Crippen LogP contribution in [0.5, 0.6) is 0 Å². The van der Waals surface area contributed by atoms with Gasteiger partial charge in [0.25, 0.3) is 0 Å². The van der Waals surface area contributed by atoms with Gasteiger partial charge in [-0.2, -0.15) is 0 Å². The molecule has 6 heteroatoms. The Bertz CT molecular complexity index is 1160. The number of aromatic nitrogens is 1. The lowest BCUT2D eigenvalue weighted by Crippen LogP contribution is -2.50. The topological polar surface area (TPSA) is 61.6 Å². The van der Waals surface area contributed by atoms with Crippen molar-refractivity contribution < 1.29 is 9.32 Å². The summed E-state index contributed by atoms with van der Waals surface area (Å²) in [6.45, 7) is 11.9. The molecular formula is C31H40N4O2. The monoisotopic (exact) mass is 500 g/mol. The number of hydrogen-bond acceptors (Lipinski definition) is 5. The predicted octanol–water partition coefficient (Wildman–Crippen LogP) is 5.15. The molecule has 0 radical (unpaired) electrons. The van der Waals surface area contributed by atoms with Crippen molar-refractivity contribution in [3.8, 4) is 11.3 Å². The smallest absolute Gasteiger partial charge is 0.222 e. The molecule has 1 aromatic heterocycles. The Morgan fingerprint density at radius 1 is 1.00 bits per heavy atom. The van der Waals surface area contributed by atoms with Crippen LogP contribution in [0.25, 0.3) is 11.3 Å². The molecule has 3 aromatic rings. The van der Waals surface area contributed by atoms with Crippen LogP contribution in [0, 0.1) is 11.8 Å². The molecule has 1 N–H and O–H groups in total. The van der Waals surface area contributed by atoms with E-state index in [1.54, 1.807) is 0 Å². The summed E-state index contributed by atoms with van der Waals surface area (Å²) < 4.78 is 5.73. The SMILES string of the molecule is CC(C)(C)c1ccc(-c2cc(C[C@H]3CNCC[C@H]3CC(=O)N3CCN(c4ccccc4)CC3)no2)cc1. The number of amides is 1. The van der Waals surface area contributed by atoms with Gasteiger partial charge in [-0.15, -0.1) is 0 Å². The number of benzene rings is 2. The Morgan fingerprint density at radius 2 is 1.73 bits per heavy atom. The van der Waals surface area contributed by atoms with Crippen LogP contribution < -0.4 is 10.2 Å². The fourth-order valence-corrected chi connectivity index (χ4v) is 5.64. The van der Waals surface area contributed by atoms with Gasteiger partial charge in [0.05, 0.1) is 5.69 Å². The van der Waals surface area contributed by atoms with Gasteiger partial charge in [0, 0.05) is 49.9 Å². The Hall–Kier alpha value is -3.12. The van der Waals surface area contributed by atoms with E-state index >= 15 is 0 Å². The lowest BCUT2D eigenvalue weighted by atomic mass is 9.81. The fraction of sp³-hybridized carbons (Fsp3) is 0.484. The second-order valence-electron chi connectivity index (χ2n) is 11.6. The minimum absolute atomic E-state index is 0.126. The number of piperidine rings is 1. The molecule has 0 aliphatic carbocycles. The third-order valence-corrected chi connectivity index (χ3v) is 8.02. The van der Waals surface area contributed by atoms with E-state index in [-0.39, 0.29) is 5.41 Å². The van der Waals surface area contributed by atoms with E-state index in [1.807, 2.05) is 6.07 Å². The van der Waals surface area contributed by atoms with Gasteiger partial charge in [-0.25, -0.2) is 0 Å². The van der Waals surface area contributed by atoms with Gasteiger partial charge in [0.15, 0.2) is 5.76 Å². The Morgan fingerprint density at radius 3 is 2.43 bits per heavy atom. The number of carbonyl (C=O) groups excluding carboxylic acids is 1. The summed E-state index contributed by atoms with van der Waals surface area (Å²) in [4.78, 5) is 17.7. The highest BCUT2D eigenvalue weighted by atomic mass is 16.5. The molecule has 37 heavy (non-hydrogen) atoms. The van der Waals surface area contributed by atoms with Crippen molar-refractivity contribution in [2.45, 2.75) is 45.4 Å². The first-order chi connectivity index (χ1) is 17.9. The summed E-state index contributed by atoms with van der Waals surface area (Å²) in [5.41, 5.74) is 4.69. The van der Waals surface area contributed by atoms with E-state index in [4.69, 9.17) is 4.52 Å². The summed E-state index contributed by atoms with van der Waals surface area (Å²) in [7, 11) is 0. The molecule has 2 aliphatic rings. The molecule has 2 saturated heterocycles. The van der Waals surface area contributed by atoms with Crippen LogP contribution in [0.3, 0.4) is 0 Å². The number of piperazine rings is 1. The number of para-hydroxylation sites is 1. The zero-order valence-electron chi connectivity index (χ0n) is 22.5. The third-order valence-electron chi connectivity index (χ3n) is 8.02. The molecule has 2 atom stereocenters. The average Bonchev–Trinajstić information content (AvgIpc) is 3.38. The summed E-state index contributed by atoms with van der Waals surface area (Å²) in [6, 6.07) is 21.1. The lowest BCUT2D eigenvalue weighted by molar-refractivity contribution is -0.133. The van der Waals surface area contributed by atoms with E-state index < -0.39 is 0 Å². The number of hydrogen-bond donors (Lipinski definition) is 1. The normalized spacial score (nSPS) is 20.7. The van der Waals surface area contributed by atoms with Crippen molar-refractivity contribution in [2.24, 2.45) is 11.8 Å². The minimum atomic E-state index is 0.126. The molecule has 6 nitrogen and oxygen atoms in total.